The van der Waals surface area contributed by atoms with E-state index in [-0.39, 0.29) is 10.8 Å². The number of aromatic nitrogens is 1. The molecule has 0 unspecified atom stereocenters. The molecule has 0 bridgehead atoms. The Bertz CT molecular complexity index is 3560. The van der Waals surface area contributed by atoms with Crippen molar-refractivity contribution in [1.82, 2.24) is 4.57 Å². The normalized spacial score (nSPS) is 14.3. The van der Waals surface area contributed by atoms with E-state index in [1.807, 2.05) is 0 Å². The molecule has 0 saturated heterocycles. The smallest absolute Gasteiger partial charge is 0.197 e. The molecule has 1 radical (unpaired) electrons. The number of para-hydroxylation sites is 4. The summed E-state index contributed by atoms with van der Waals surface area (Å²) in [6, 6.07) is 69.8. The van der Waals surface area contributed by atoms with Crippen LogP contribution in [0.5, 0.6) is 0 Å². The zero-order valence-corrected chi connectivity index (χ0v) is 37.4. The van der Waals surface area contributed by atoms with Crippen LogP contribution in [0.25, 0.3) is 60.9 Å². The number of nitrogens with one attached hydrogen (secondary N) is 1. The summed E-state index contributed by atoms with van der Waals surface area (Å²) in [5, 5.41) is 6.58. The van der Waals surface area contributed by atoms with Crippen LogP contribution >= 0.6 is 0 Å². The molecule has 3 nitrogen and oxygen atoms in total. The van der Waals surface area contributed by atoms with Crippen LogP contribution in [0.1, 0.15) is 55.5 Å². The van der Waals surface area contributed by atoms with E-state index in [1.54, 1.807) is 0 Å². The predicted octanol–water partition coefficient (Wildman–Crippen LogP) is 14.6. The standard InChI is InChI=1S/C61H47BN3/c1-37-26-29-39(30-27-37)63-54-35-42(64(40-16-8-6-9-17-40)41-18-10-7-11-19-41)31-32-44(54)48-36-46(38-28-33-50-47(34-38)43-20-12-13-22-49(43)60(50,2)3)55-45-21-14-23-51-57(45)65-58-52(61(51,4)5)24-15-25-53(58)62-56(48)59(55)65/h6-36,63H,1-5H3. The average Bonchev–Trinajstić information content (AvgIpc) is 3.80. The van der Waals surface area contributed by atoms with E-state index in [9.17, 15) is 0 Å². The van der Waals surface area contributed by atoms with Gasteiger partial charge in [0, 0.05) is 66.8 Å². The van der Waals surface area contributed by atoms with E-state index in [4.69, 9.17) is 0 Å². The molecule has 0 amide bonds. The SMILES string of the molecule is Cc1ccc(Nc2cc(N(c3ccccc3)c3ccccc3)ccc2-c2cc(-c3ccc4c(c3)-c3ccccc3C4(C)C)c3c4cccc5c4n4c3c2[B]c2cccc(c2-4)C5(C)C)cc1. The minimum Gasteiger partial charge on any atom is -0.355 e. The first-order chi connectivity index (χ1) is 31.7. The number of hydrogen-bond donors (Lipinski definition) is 1. The van der Waals surface area contributed by atoms with Gasteiger partial charge in [0.25, 0.3) is 0 Å². The van der Waals surface area contributed by atoms with Crippen molar-refractivity contribution in [3.8, 4) is 39.1 Å². The fourth-order valence-corrected chi connectivity index (χ4v) is 11.6. The third-order valence-corrected chi connectivity index (χ3v) is 14.8. The van der Waals surface area contributed by atoms with Gasteiger partial charge in [-0.25, -0.2) is 0 Å². The van der Waals surface area contributed by atoms with Crippen LogP contribution in [0.3, 0.4) is 0 Å². The van der Waals surface area contributed by atoms with Gasteiger partial charge in [0.2, 0.25) is 0 Å². The van der Waals surface area contributed by atoms with Gasteiger partial charge >= 0.3 is 0 Å². The average molecular weight is 833 g/mol. The molecule has 1 aliphatic carbocycles. The van der Waals surface area contributed by atoms with Crippen LogP contribution < -0.4 is 21.1 Å². The van der Waals surface area contributed by atoms with Crippen LogP contribution in [-0.2, 0) is 10.8 Å². The number of hydrogen-bond acceptors (Lipinski definition) is 2. The van der Waals surface area contributed by atoms with E-state index in [2.05, 4.69) is 245 Å². The number of nitrogens with zero attached hydrogens (tertiary/aromatic N) is 2. The second-order valence-corrected chi connectivity index (χ2v) is 19.3. The Morgan fingerprint density at radius 3 is 1.91 bits per heavy atom. The van der Waals surface area contributed by atoms with Crippen LogP contribution in [0.4, 0.5) is 28.4 Å². The molecule has 0 saturated carbocycles. The van der Waals surface area contributed by atoms with Gasteiger partial charge in [-0.05, 0) is 123 Å². The molecule has 13 rings (SSSR count). The van der Waals surface area contributed by atoms with Gasteiger partial charge in [0.15, 0.2) is 7.28 Å². The summed E-state index contributed by atoms with van der Waals surface area (Å²) >= 11 is 0. The Morgan fingerprint density at radius 2 is 1.14 bits per heavy atom. The fourth-order valence-electron chi connectivity index (χ4n) is 11.6. The first-order valence-corrected chi connectivity index (χ1v) is 22.9. The Balaban J connectivity index is 1.13. The number of benzene rings is 9. The molecule has 0 fully saturated rings. The Labute approximate surface area is 381 Å². The largest absolute Gasteiger partial charge is 0.355 e. The predicted molar refractivity (Wildman–Crippen MR) is 276 cm³/mol. The first kappa shape index (κ1) is 38.0. The number of anilines is 5. The molecule has 3 heterocycles. The maximum absolute atomic E-state index is 3.97. The van der Waals surface area contributed by atoms with Crippen molar-refractivity contribution in [3.63, 3.8) is 0 Å². The summed E-state index contributed by atoms with van der Waals surface area (Å²) < 4.78 is 2.64. The minimum absolute atomic E-state index is 0.0777. The zero-order chi connectivity index (χ0) is 43.8. The van der Waals surface area contributed by atoms with Crippen molar-refractivity contribution in [2.45, 2.75) is 45.4 Å². The Kier molecular flexibility index (Phi) is 8.01. The molecule has 0 atom stereocenters. The molecule has 0 spiro atoms. The molecule has 1 aromatic heterocycles. The molecular formula is C61H47BN3. The molecule has 10 aromatic rings. The molecule has 1 N–H and O–H groups in total. The fraction of sp³-hybridized carbons (Fsp3) is 0.115. The highest BCUT2D eigenvalue weighted by atomic mass is 15.1. The van der Waals surface area contributed by atoms with Crippen LogP contribution in [0, 0.1) is 6.92 Å². The van der Waals surface area contributed by atoms with E-state index >= 15 is 0 Å². The van der Waals surface area contributed by atoms with Gasteiger partial charge in [-0.3, -0.25) is 0 Å². The third kappa shape index (κ3) is 5.44. The summed E-state index contributed by atoms with van der Waals surface area (Å²) in [5.41, 5.74) is 25.8. The lowest BCUT2D eigenvalue weighted by Crippen LogP contribution is -2.41. The topological polar surface area (TPSA) is 20.2 Å². The van der Waals surface area contributed by atoms with Crippen LogP contribution in [-0.4, -0.2) is 11.8 Å². The Hall–Kier alpha value is -7.56. The summed E-state index contributed by atoms with van der Waals surface area (Å²) in [7, 11) is 2.48. The zero-order valence-electron chi connectivity index (χ0n) is 37.4. The summed E-state index contributed by atoms with van der Waals surface area (Å²) in [6.07, 6.45) is 0. The van der Waals surface area contributed by atoms with Gasteiger partial charge in [-0.15, -0.1) is 0 Å². The van der Waals surface area contributed by atoms with Gasteiger partial charge < -0.3 is 14.8 Å². The highest BCUT2D eigenvalue weighted by Crippen LogP contribution is 2.53. The van der Waals surface area contributed by atoms with E-state index in [0.29, 0.717) is 0 Å². The second kappa shape index (κ2) is 13.7. The molecule has 65 heavy (non-hydrogen) atoms. The maximum Gasteiger partial charge on any atom is 0.197 e. The molecule has 9 aromatic carbocycles. The second-order valence-electron chi connectivity index (χ2n) is 19.3. The van der Waals surface area contributed by atoms with Crippen molar-refractivity contribution in [1.29, 1.82) is 0 Å². The number of aryl methyl sites for hydroxylation is 1. The van der Waals surface area contributed by atoms with Crippen molar-refractivity contribution in [2.75, 3.05) is 10.2 Å². The highest BCUT2D eigenvalue weighted by molar-refractivity contribution is 6.73. The summed E-state index contributed by atoms with van der Waals surface area (Å²) in [5.74, 6) is 0. The van der Waals surface area contributed by atoms with Gasteiger partial charge in [-0.1, -0.05) is 166 Å². The van der Waals surface area contributed by atoms with Crippen LogP contribution in [0.2, 0.25) is 0 Å². The van der Waals surface area contributed by atoms with E-state index in [1.165, 1.54) is 94.1 Å². The van der Waals surface area contributed by atoms with Gasteiger partial charge in [0.1, 0.15) is 0 Å². The monoisotopic (exact) mass is 832 g/mol. The van der Waals surface area contributed by atoms with Crippen molar-refractivity contribution in [3.05, 3.63) is 216 Å². The lowest BCUT2D eigenvalue weighted by molar-refractivity contribution is 0.631. The summed E-state index contributed by atoms with van der Waals surface area (Å²) in [6.45, 7) is 11.7. The van der Waals surface area contributed by atoms with E-state index < -0.39 is 0 Å². The summed E-state index contributed by atoms with van der Waals surface area (Å²) in [4.78, 5) is 2.35. The van der Waals surface area contributed by atoms with Crippen molar-refractivity contribution in [2.24, 2.45) is 0 Å². The van der Waals surface area contributed by atoms with Gasteiger partial charge in [-0.2, -0.15) is 0 Å². The van der Waals surface area contributed by atoms with Crippen LogP contribution in [0.15, 0.2) is 188 Å². The molecule has 2 aliphatic heterocycles. The number of rotatable bonds is 7. The first-order valence-electron chi connectivity index (χ1n) is 22.9. The lowest BCUT2D eigenvalue weighted by Gasteiger charge is -2.37. The quantitative estimate of drug-likeness (QED) is 0.161. The van der Waals surface area contributed by atoms with E-state index in [0.717, 1.165) is 34.0 Å². The van der Waals surface area contributed by atoms with Gasteiger partial charge in [0.05, 0.1) is 5.52 Å². The molecule has 3 aliphatic rings. The Morgan fingerprint density at radius 1 is 0.477 bits per heavy atom. The molecule has 4 heteroatoms. The number of fused-ring (bicyclic) bond motifs is 4. The van der Waals surface area contributed by atoms with Crippen molar-refractivity contribution >= 4 is 68.4 Å². The lowest BCUT2D eigenvalue weighted by atomic mass is 9.57. The third-order valence-electron chi connectivity index (χ3n) is 14.8. The highest BCUT2D eigenvalue weighted by Gasteiger charge is 2.40. The minimum atomic E-state index is -0.170. The molecular weight excluding hydrogens is 786 g/mol. The van der Waals surface area contributed by atoms with Crippen molar-refractivity contribution < 1.29 is 0 Å². The maximum atomic E-state index is 3.97. The molecule has 309 valence electrons.